The van der Waals surface area contributed by atoms with Crippen molar-refractivity contribution in [3.05, 3.63) is 34.9 Å². The van der Waals surface area contributed by atoms with Crippen LogP contribution >= 0.6 is 35.6 Å². The quantitative estimate of drug-likeness (QED) is 0.383. The van der Waals surface area contributed by atoms with E-state index in [4.69, 9.17) is 11.6 Å². The molecule has 1 fully saturated rings. The molecule has 1 heterocycles. The van der Waals surface area contributed by atoms with Crippen LogP contribution in [0.1, 0.15) is 5.56 Å². The Morgan fingerprint density at radius 1 is 1.28 bits per heavy atom. The second kappa shape index (κ2) is 10.4. The first kappa shape index (κ1) is 21.5. The minimum atomic E-state index is -0.135. The van der Waals surface area contributed by atoms with Crippen molar-refractivity contribution in [3.63, 3.8) is 0 Å². The van der Waals surface area contributed by atoms with Gasteiger partial charge in [-0.05, 0) is 17.7 Å². The molecule has 0 aliphatic carbocycles. The molecule has 2 amide bonds. The van der Waals surface area contributed by atoms with Crippen LogP contribution in [0.4, 0.5) is 0 Å². The van der Waals surface area contributed by atoms with Gasteiger partial charge in [0.15, 0.2) is 5.96 Å². The van der Waals surface area contributed by atoms with Crippen LogP contribution in [-0.2, 0) is 16.1 Å². The predicted octanol–water partition coefficient (Wildman–Crippen LogP) is 0.924. The number of amides is 2. The number of likely N-dealkylation sites (N-methyl/N-ethyl adjacent to an activating group) is 1. The van der Waals surface area contributed by atoms with Gasteiger partial charge in [-0.2, -0.15) is 0 Å². The lowest BCUT2D eigenvalue weighted by atomic mass is 10.2. The van der Waals surface area contributed by atoms with Gasteiger partial charge in [0.25, 0.3) is 0 Å². The van der Waals surface area contributed by atoms with Crippen molar-refractivity contribution in [2.75, 3.05) is 40.3 Å². The second-order valence-electron chi connectivity index (χ2n) is 5.44. The van der Waals surface area contributed by atoms with E-state index in [0.717, 1.165) is 5.56 Å². The average Bonchev–Trinajstić information content (AvgIpc) is 2.59. The first-order valence-electron chi connectivity index (χ1n) is 7.72. The van der Waals surface area contributed by atoms with Crippen molar-refractivity contribution in [2.45, 2.75) is 6.54 Å². The van der Waals surface area contributed by atoms with E-state index in [1.54, 1.807) is 14.1 Å². The molecule has 7 nitrogen and oxygen atoms in total. The summed E-state index contributed by atoms with van der Waals surface area (Å²) in [6, 6.07) is 7.49. The number of carbonyl (C=O) groups is 2. The Bertz CT molecular complexity index is 623. The summed E-state index contributed by atoms with van der Waals surface area (Å²) in [4.78, 5) is 31.5. The summed E-state index contributed by atoms with van der Waals surface area (Å²) >= 11 is 5.88. The molecule has 0 radical (unpaired) electrons. The van der Waals surface area contributed by atoms with E-state index in [1.807, 2.05) is 34.1 Å². The highest BCUT2D eigenvalue weighted by molar-refractivity contribution is 14.0. The Morgan fingerprint density at radius 2 is 1.96 bits per heavy atom. The van der Waals surface area contributed by atoms with Crippen molar-refractivity contribution < 1.29 is 9.59 Å². The number of hydrogen-bond acceptors (Lipinski definition) is 3. The molecule has 1 aromatic rings. The molecule has 1 saturated heterocycles. The Morgan fingerprint density at radius 3 is 2.52 bits per heavy atom. The molecule has 0 spiro atoms. The van der Waals surface area contributed by atoms with Gasteiger partial charge in [0.05, 0.1) is 13.1 Å². The van der Waals surface area contributed by atoms with Gasteiger partial charge in [-0.25, -0.2) is 0 Å². The van der Waals surface area contributed by atoms with Crippen LogP contribution < -0.4 is 10.6 Å². The summed E-state index contributed by atoms with van der Waals surface area (Å²) < 4.78 is 0. The van der Waals surface area contributed by atoms with E-state index in [2.05, 4.69) is 15.6 Å². The molecule has 0 atom stereocenters. The van der Waals surface area contributed by atoms with Crippen LogP contribution in [0.25, 0.3) is 0 Å². The van der Waals surface area contributed by atoms with Gasteiger partial charge in [0.1, 0.15) is 0 Å². The minimum absolute atomic E-state index is 0. The first-order chi connectivity index (χ1) is 11.5. The maximum atomic E-state index is 12.4. The Kier molecular flexibility index (Phi) is 8.98. The molecule has 9 heteroatoms. The Hall–Kier alpha value is -1.55. The van der Waals surface area contributed by atoms with Crippen LogP contribution in [-0.4, -0.2) is 67.8 Å². The van der Waals surface area contributed by atoms with Crippen molar-refractivity contribution in [3.8, 4) is 0 Å². The molecule has 1 aliphatic heterocycles. The molecule has 1 aromatic carbocycles. The van der Waals surface area contributed by atoms with Gasteiger partial charge in [0.2, 0.25) is 11.8 Å². The van der Waals surface area contributed by atoms with Gasteiger partial charge in [-0.3, -0.25) is 14.6 Å². The summed E-state index contributed by atoms with van der Waals surface area (Å²) in [5, 5.41) is 6.18. The maximum Gasteiger partial charge on any atom is 0.242 e. The molecule has 0 saturated carbocycles. The summed E-state index contributed by atoms with van der Waals surface area (Å²) in [7, 11) is 3.21. The molecule has 2 rings (SSSR count). The van der Waals surface area contributed by atoms with Gasteiger partial charge in [0, 0.05) is 38.8 Å². The molecule has 25 heavy (non-hydrogen) atoms. The van der Waals surface area contributed by atoms with E-state index in [9.17, 15) is 9.59 Å². The summed E-state index contributed by atoms with van der Waals surface area (Å²) in [6.45, 7) is 2.19. The predicted molar refractivity (Wildman–Crippen MR) is 109 cm³/mol. The fourth-order valence-corrected chi connectivity index (χ4v) is 2.57. The van der Waals surface area contributed by atoms with E-state index in [1.165, 1.54) is 0 Å². The summed E-state index contributed by atoms with van der Waals surface area (Å²) in [5.41, 5.74) is 1.04. The lowest BCUT2D eigenvalue weighted by Gasteiger charge is -2.36. The summed E-state index contributed by atoms with van der Waals surface area (Å²) in [6.07, 6.45) is 0. The van der Waals surface area contributed by atoms with Gasteiger partial charge in [-0.1, -0.05) is 23.7 Å². The van der Waals surface area contributed by atoms with E-state index < -0.39 is 0 Å². The number of piperazine rings is 1. The standard InChI is InChI=1S/C16H22ClN5O2.HI/c1-18-14(23)9-20-16(19-2)22-8-7-21(15(24)11-22)10-12-3-5-13(17)6-4-12;/h3-6H,7-11H2,1-2H3,(H,18,23)(H,19,20);1H. The number of halogens is 2. The molecular formula is C16H23ClIN5O2. The van der Waals surface area contributed by atoms with E-state index in [0.29, 0.717) is 30.6 Å². The number of nitrogens with zero attached hydrogens (tertiary/aromatic N) is 3. The van der Waals surface area contributed by atoms with Crippen molar-refractivity contribution in [2.24, 2.45) is 4.99 Å². The number of hydrogen-bond donors (Lipinski definition) is 2. The number of aliphatic imine (C=N–C) groups is 1. The minimum Gasteiger partial charge on any atom is -0.358 e. The second-order valence-corrected chi connectivity index (χ2v) is 5.87. The van der Waals surface area contributed by atoms with E-state index >= 15 is 0 Å². The van der Waals surface area contributed by atoms with Crippen molar-refractivity contribution in [1.29, 1.82) is 0 Å². The fraction of sp³-hybridized carbons (Fsp3) is 0.438. The number of nitrogens with one attached hydrogen (secondary N) is 2. The number of guanidine groups is 1. The highest BCUT2D eigenvalue weighted by Crippen LogP contribution is 2.13. The topological polar surface area (TPSA) is 77.0 Å². The van der Waals surface area contributed by atoms with E-state index in [-0.39, 0.29) is 48.9 Å². The molecule has 0 aromatic heterocycles. The van der Waals surface area contributed by atoms with Crippen LogP contribution in [0.3, 0.4) is 0 Å². The van der Waals surface area contributed by atoms with Crippen LogP contribution in [0.2, 0.25) is 5.02 Å². The zero-order valence-corrected chi connectivity index (χ0v) is 17.4. The van der Waals surface area contributed by atoms with Gasteiger partial charge < -0.3 is 20.4 Å². The van der Waals surface area contributed by atoms with Crippen molar-refractivity contribution in [1.82, 2.24) is 20.4 Å². The highest BCUT2D eigenvalue weighted by atomic mass is 127. The monoisotopic (exact) mass is 479 g/mol. The lowest BCUT2D eigenvalue weighted by molar-refractivity contribution is -0.135. The molecule has 0 bridgehead atoms. The van der Waals surface area contributed by atoms with Crippen LogP contribution in [0, 0.1) is 0 Å². The summed E-state index contributed by atoms with van der Waals surface area (Å²) in [5.74, 6) is 0.445. The van der Waals surface area contributed by atoms with Crippen LogP contribution in [0.15, 0.2) is 29.3 Å². The molecular weight excluding hydrogens is 457 g/mol. The first-order valence-corrected chi connectivity index (χ1v) is 8.09. The molecule has 1 aliphatic rings. The lowest BCUT2D eigenvalue weighted by Crippen LogP contribution is -2.55. The molecule has 138 valence electrons. The third-order valence-electron chi connectivity index (χ3n) is 3.80. The third-order valence-corrected chi connectivity index (χ3v) is 4.05. The van der Waals surface area contributed by atoms with Crippen LogP contribution in [0.5, 0.6) is 0 Å². The SMILES string of the molecule is CN=C(NCC(=O)NC)N1CCN(Cc2ccc(Cl)cc2)C(=O)C1.I. The smallest absolute Gasteiger partial charge is 0.242 e. The van der Waals surface area contributed by atoms with Gasteiger partial charge >= 0.3 is 0 Å². The third kappa shape index (κ3) is 6.35. The normalized spacial score (nSPS) is 14.8. The van der Waals surface area contributed by atoms with Gasteiger partial charge in [-0.15, -0.1) is 24.0 Å². The highest BCUT2D eigenvalue weighted by Gasteiger charge is 2.26. The molecule has 2 N–H and O–H groups in total. The number of carbonyl (C=O) groups excluding carboxylic acids is 2. The number of rotatable bonds is 4. The average molecular weight is 480 g/mol. The zero-order chi connectivity index (χ0) is 17.5. The number of benzene rings is 1. The maximum absolute atomic E-state index is 12.4. The fourth-order valence-electron chi connectivity index (χ4n) is 2.45. The Labute approximate surface area is 169 Å². The van der Waals surface area contributed by atoms with Crippen molar-refractivity contribution >= 4 is 53.4 Å². The zero-order valence-electron chi connectivity index (χ0n) is 14.3. The molecule has 0 unspecified atom stereocenters. The Balaban J connectivity index is 0.00000312. The largest absolute Gasteiger partial charge is 0.358 e.